The normalized spacial score (nSPS) is 12.2. The number of aliphatic hydroxyl groups excluding tert-OH is 1. The summed E-state index contributed by atoms with van der Waals surface area (Å²) in [5.41, 5.74) is 0. The van der Waals surface area contributed by atoms with E-state index in [1.807, 2.05) is 0 Å². The Morgan fingerprint density at radius 3 is 2.40 bits per heavy atom. The van der Waals surface area contributed by atoms with Gasteiger partial charge in [0.25, 0.3) is 0 Å². The second kappa shape index (κ2) is 6.24. The van der Waals surface area contributed by atoms with E-state index in [0.717, 1.165) is 0 Å². The molecule has 1 rings (SSSR count). The third-order valence-electron chi connectivity index (χ3n) is 1.67. The number of para-hydroxylation sites is 2. The van der Waals surface area contributed by atoms with E-state index in [1.165, 1.54) is 6.92 Å². The van der Waals surface area contributed by atoms with E-state index in [0.29, 0.717) is 11.5 Å². The molecule has 15 heavy (non-hydrogen) atoms. The lowest BCUT2D eigenvalue weighted by molar-refractivity contribution is 0.180. The molecule has 0 bridgehead atoms. The van der Waals surface area contributed by atoms with Crippen LogP contribution in [0, 0.1) is 0 Å². The lowest BCUT2D eigenvalue weighted by Crippen LogP contribution is -2.10. The molecule has 1 aromatic rings. The summed E-state index contributed by atoms with van der Waals surface area (Å²) >= 11 is 0. The molecular formula is C11H15FO3. The van der Waals surface area contributed by atoms with Crippen molar-refractivity contribution >= 4 is 0 Å². The van der Waals surface area contributed by atoms with Gasteiger partial charge in [-0.2, -0.15) is 0 Å². The summed E-state index contributed by atoms with van der Waals surface area (Å²) in [7, 11) is 0. The minimum atomic E-state index is -1.02. The number of hydrogen-bond acceptors (Lipinski definition) is 3. The van der Waals surface area contributed by atoms with Crippen LogP contribution in [0.25, 0.3) is 0 Å². The number of rotatable bonds is 6. The summed E-state index contributed by atoms with van der Waals surface area (Å²) in [6, 6.07) is 6.99. The molecule has 1 unspecified atom stereocenters. The first-order valence-electron chi connectivity index (χ1n) is 4.83. The molecule has 0 heterocycles. The van der Waals surface area contributed by atoms with Crippen LogP contribution in [0.4, 0.5) is 4.39 Å². The molecule has 0 saturated heterocycles. The summed E-state index contributed by atoms with van der Waals surface area (Å²) < 4.78 is 23.0. The van der Waals surface area contributed by atoms with Crippen LogP contribution in [0.15, 0.2) is 24.3 Å². The topological polar surface area (TPSA) is 38.7 Å². The highest BCUT2D eigenvalue weighted by Crippen LogP contribution is 2.26. The quantitative estimate of drug-likeness (QED) is 0.784. The Bertz CT molecular complexity index is 289. The van der Waals surface area contributed by atoms with Crippen LogP contribution in [0.5, 0.6) is 11.5 Å². The van der Waals surface area contributed by atoms with Crippen molar-refractivity contribution in [3.63, 3.8) is 0 Å². The van der Waals surface area contributed by atoms with Crippen molar-refractivity contribution in [3.8, 4) is 11.5 Å². The number of benzene rings is 1. The van der Waals surface area contributed by atoms with Gasteiger partial charge in [0.05, 0.1) is 6.61 Å². The minimum absolute atomic E-state index is 0.000498. The predicted molar refractivity (Wildman–Crippen MR) is 55.1 cm³/mol. The van der Waals surface area contributed by atoms with Gasteiger partial charge in [0.15, 0.2) is 11.5 Å². The molecule has 0 aliphatic rings. The Morgan fingerprint density at radius 2 is 1.87 bits per heavy atom. The number of ether oxygens (including phenoxy) is 2. The SMILES string of the molecule is CC(F)COc1ccccc1OCCO. The van der Waals surface area contributed by atoms with Crippen molar-refractivity contribution in [2.45, 2.75) is 13.1 Å². The molecule has 0 fully saturated rings. The van der Waals surface area contributed by atoms with Gasteiger partial charge in [-0.05, 0) is 19.1 Å². The van der Waals surface area contributed by atoms with Gasteiger partial charge in [-0.3, -0.25) is 0 Å². The largest absolute Gasteiger partial charge is 0.487 e. The summed E-state index contributed by atoms with van der Waals surface area (Å²) in [5.74, 6) is 1.02. The zero-order valence-corrected chi connectivity index (χ0v) is 8.65. The van der Waals surface area contributed by atoms with Crippen molar-refractivity contribution in [2.75, 3.05) is 19.8 Å². The lowest BCUT2D eigenvalue weighted by atomic mass is 10.3. The maximum Gasteiger partial charge on any atom is 0.161 e. The van der Waals surface area contributed by atoms with E-state index in [2.05, 4.69) is 0 Å². The van der Waals surface area contributed by atoms with E-state index < -0.39 is 6.17 Å². The highest BCUT2D eigenvalue weighted by atomic mass is 19.1. The standard InChI is InChI=1S/C11H15FO3/c1-9(12)8-15-11-5-3-2-4-10(11)14-7-6-13/h2-5,9,13H,6-8H2,1H3. The van der Waals surface area contributed by atoms with Crippen LogP contribution in [0.2, 0.25) is 0 Å². The monoisotopic (exact) mass is 214 g/mol. The van der Waals surface area contributed by atoms with Gasteiger partial charge in [-0.25, -0.2) is 4.39 Å². The molecule has 1 atom stereocenters. The van der Waals surface area contributed by atoms with Crippen molar-refractivity contribution in [1.29, 1.82) is 0 Å². The first kappa shape index (κ1) is 11.8. The van der Waals surface area contributed by atoms with Crippen LogP contribution in [0.3, 0.4) is 0 Å². The molecule has 0 aliphatic heterocycles. The van der Waals surface area contributed by atoms with Crippen LogP contribution in [-0.2, 0) is 0 Å². The second-order valence-corrected chi connectivity index (χ2v) is 3.11. The van der Waals surface area contributed by atoms with E-state index in [9.17, 15) is 4.39 Å². The smallest absolute Gasteiger partial charge is 0.161 e. The number of alkyl halides is 1. The summed E-state index contributed by atoms with van der Waals surface area (Å²) in [6.45, 7) is 1.57. The summed E-state index contributed by atoms with van der Waals surface area (Å²) in [6.07, 6.45) is -1.02. The molecule has 3 nitrogen and oxygen atoms in total. The van der Waals surface area contributed by atoms with Crippen LogP contribution in [0.1, 0.15) is 6.92 Å². The first-order chi connectivity index (χ1) is 7.24. The van der Waals surface area contributed by atoms with Crippen LogP contribution < -0.4 is 9.47 Å². The second-order valence-electron chi connectivity index (χ2n) is 3.11. The minimum Gasteiger partial charge on any atom is -0.487 e. The Balaban J connectivity index is 2.59. The maximum absolute atomic E-state index is 12.6. The summed E-state index contributed by atoms with van der Waals surface area (Å²) in [4.78, 5) is 0. The predicted octanol–water partition coefficient (Wildman–Crippen LogP) is 1.79. The Hall–Kier alpha value is -1.29. The third-order valence-corrected chi connectivity index (χ3v) is 1.67. The van der Waals surface area contributed by atoms with E-state index in [4.69, 9.17) is 14.6 Å². The fourth-order valence-electron chi connectivity index (χ4n) is 1.05. The highest BCUT2D eigenvalue weighted by Gasteiger charge is 2.05. The summed E-state index contributed by atoms with van der Waals surface area (Å²) in [5, 5.41) is 8.61. The highest BCUT2D eigenvalue weighted by molar-refractivity contribution is 5.39. The van der Waals surface area contributed by atoms with Gasteiger partial charge in [-0.1, -0.05) is 12.1 Å². The molecule has 0 spiro atoms. The average Bonchev–Trinajstić information content (AvgIpc) is 2.24. The molecule has 4 heteroatoms. The molecule has 0 saturated carbocycles. The number of hydrogen-bond donors (Lipinski definition) is 1. The van der Waals surface area contributed by atoms with Gasteiger partial charge in [-0.15, -0.1) is 0 Å². The van der Waals surface area contributed by atoms with Crippen molar-refractivity contribution in [2.24, 2.45) is 0 Å². The molecule has 1 N–H and O–H groups in total. The van der Waals surface area contributed by atoms with Crippen molar-refractivity contribution < 1.29 is 19.0 Å². The van der Waals surface area contributed by atoms with E-state index in [1.54, 1.807) is 24.3 Å². The molecular weight excluding hydrogens is 199 g/mol. The maximum atomic E-state index is 12.6. The van der Waals surface area contributed by atoms with Gasteiger partial charge in [0.2, 0.25) is 0 Å². The van der Waals surface area contributed by atoms with Gasteiger partial charge < -0.3 is 14.6 Å². The Kier molecular flexibility index (Phi) is 4.90. The fourth-order valence-corrected chi connectivity index (χ4v) is 1.05. The number of aliphatic hydroxyl groups is 1. The fraction of sp³-hybridized carbons (Fsp3) is 0.455. The van der Waals surface area contributed by atoms with Crippen molar-refractivity contribution in [1.82, 2.24) is 0 Å². The van der Waals surface area contributed by atoms with Crippen LogP contribution in [-0.4, -0.2) is 31.1 Å². The zero-order chi connectivity index (χ0) is 11.1. The first-order valence-corrected chi connectivity index (χ1v) is 4.83. The molecule has 1 aromatic carbocycles. The molecule has 0 aliphatic carbocycles. The van der Waals surface area contributed by atoms with Gasteiger partial charge in [0, 0.05) is 0 Å². The van der Waals surface area contributed by atoms with Crippen molar-refractivity contribution in [3.05, 3.63) is 24.3 Å². The molecule has 0 amide bonds. The van der Waals surface area contributed by atoms with Crippen LogP contribution >= 0.6 is 0 Å². The zero-order valence-electron chi connectivity index (χ0n) is 8.65. The Labute approximate surface area is 88.4 Å². The van der Waals surface area contributed by atoms with E-state index >= 15 is 0 Å². The third kappa shape index (κ3) is 4.16. The Morgan fingerprint density at radius 1 is 1.27 bits per heavy atom. The molecule has 0 radical (unpaired) electrons. The average molecular weight is 214 g/mol. The molecule has 0 aromatic heterocycles. The van der Waals surface area contributed by atoms with E-state index in [-0.39, 0.29) is 19.8 Å². The van der Waals surface area contributed by atoms with Gasteiger partial charge in [0.1, 0.15) is 19.4 Å². The van der Waals surface area contributed by atoms with Gasteiger partial charge >= 0.3 is 0 Å². The lowest BCUT2D eigenvalue weighted by Gasteiger charge is -2.12. The number of halogens is 1. The molecule has 84 valence electrons.